The smallest absolute Gasteiger partial charge is 0.356 e. The molecule has 0 amide bonds. The molecule has 0 spiro atoms. The average molecular weight is 324 g/mol. The van der Waals surface area contributed by atoms with E-state index in [9.17, 15) is 9.90 Å². The van der Waals surface area contributed by atoms with Gasteiger partial charge in [-0.25, -0.2) is 14.3 Å². The summed E-state index contributed by atoms with van der Waals surface area (Å²) in [6.45, 7) is 2.76. The zero-order chi connectivity index (χ0) is 16.5. The van der Waals surface area contributed by atoms with Gasteiger partial charge in [0, 0.05) is 18.7 Å². The molecule has 1 aromatic carbocycles. The number of carbonyl (C=O) groups is 1. The Balaban J connectivity index is 1.86. The molecule has 0 bridgehead atoms. The highest BCUT2D eigenvalue weighted by Crippen LogP contribution is 2.25. The van der Waals surface area contributed by atoms with Crippen LogP contribution in [0.3, 0.4) is 0 Å². The molecule has 24 heavy (non-hydrogen) atoms. The number of ether oxygens (including phenoxy) is 1. The van der Waals surface area contributed by atoms with Crippen LogP contribution in [0.2, 0.25) is 0 Å². The van der Waals surface area contributed by atoms with Crippen LogP contribution in [0.5, 0.6) is 0 Å². The Kier molecular flexibility index (Phi) is 3.62. The van der Waals surface area contributed by atoms with Crippen LogP contribution in [0.25, 0.3) is 16.9 Å². The topological polar surface area (TPSA) is 80.0 Å². The fourth-order valence-corrected chi connectivity index (χ4v) is 2.87. The van der Waals surface area contributed by atoms with Gasteiger partial charge in [0.25, 0.3) is 0 Å². The van der Waals surface area contributed by atoms with Gasteiger partial charge in [0.15, 0.2) is 11.3 Å². The van der Waals surface area contributed by atoms with Crippen LogP contribution in [0.15, 0.2) is 42.5 Å². The molecule has 1 saturated heterocycles. The first-order chi connectivity index (χ1) is 11.7. The molecule has 4 rings (SSSR count). The van der Waals surface area contributed by atoms with Crippen LogP contribution >= 0.6 is 0 Å². The van der Waals surface area contributed by atoms with Gasteiger partial charge in [-0.2, -0.15) is 0 Å². The minimum Gasteiger partial charge on any atom is -0.476 e. The number of fused-ring (bicyclic) bond motifs is 1. The third-order valence-corrected chi connectivity index (χ3v) is 4.05. The second-order valence-corrected chi connectivity index (χ2v) is 5.54. The molecule has 1 aliphatic rings. The first kappa shape index (κ1) is 14.6. The number of hydrogen-bond acceptors (Lipinski definition) is 5. The van der Waals surface area contributed by atoms with Gasteiger partial charge in [0.1, 0.15) is 11.5 Å². The SMILES string of the molecule is O=C(O)c1c(-c2ccccc2)nc2ccc(N3CCOCC3)nn12. The lowest BCUT2D eigenvalue weighted by Gasteiger charge is -2.27. The Morgan fingerprint density at radius 3 is 2.54 bits per heavy atom. The first-order valence-electron chi connectivity index (χ1n) is 7.75. The lowest BCUT2D eigenvalue weighted by atomic mass is 10.1. The molecule has 0 saturated carbocycles. The molecule has 7 nitrogen and oxygen atoms in total. The quantitative estimate of drug-likeness (QED) is 0.793. The summed E-state index contributed by atoms with van der Waals surface area (Å²) in [7, 11) is 0. The average Bonchev–Trinajstić information content (AvgIpc) is 3.02. The Labute approximate surface area is 138 Å². The van der Waals surface area contributed by atoms with Gasteiger partial charge in [-0.1, -0.05) is 30.3 Å². The van der Waals surface area contributed by atoms with Crippen molar-refractivity contribution in [3.05, 3.63) is 48.2 Å². The molecule has 0 aliphatic carbocycles. The van der Waals surface area contributed by atoms with Gasteiger partial charge in [-0.05, 0) is 12.1 Å². The number of aromatic nitrogens is 3. The van der Waals surface area contributed by atoms with E-state index >= 15 is 0 Å². The Hall–Kier alpha value is -2.93. The molecule has 7 heteroatoms. The molecule has 1 N–H and O–H groups in total. The Morgan fingerprint density at radius 1 is 1.08 bits per heavy atom. The molecule has 0 atom stereocenters. The fourth-order valence-electron chi connectivity index (χ4n) is 2.87. The van der Waals surface area contributed by atoms with Crippen LogP contribution in [0, 0.1) is 0 Å². The summed E-state index contributed by atoms with van der Waals surface area (Å²) >= 11 is 0. The van der Waals surface area contributed by atoms with Crippen molar-refractivity contribution in [2.24, 2.45) is 0 Å². The molecule has 2 aromatic heterocycles. The van der Waals surface area contributed by atoms with E-state index in [4.69, 9.17) is 4.74 Å². The van der Waals surface area contributed by atoms with E-state index in [-0.39, 0.29) is 5.69 Å². The molecule has 1 aliphatic heterocycles. The maximum Gasteiger partial charge on any atom is 0.356 e. The van der Waals surface area contributed by atoms with Gasteiger partial charge < -0.3 is 14.7 Å². The zero-order valence-corrected chi connectivity index (χ0v) is 12.9. The number of carboxylic acids is 1. The van der Waals surface area contributed by atoms with Gasteiger partial charge in [-0.3, -0.25) is 0 Å². The number of hydrogen-bond donors (Lipinski definition) is 1. The lowest BCUT2D eigenvalue weighted by molar-refractivity contribution is 0.0689. The molecule has 3 heterocycles. The third kappa shape index (κ3) is 2.48. The van der Waals surface area contributed by atoms with Crippen molar-refractivity contribution >= 4 is 17.4 Å². The van der Waals surface area contributed by atoms with Crippen molar-refractivity contribution in [3.63, 3.8) is 0 Å². The summed E-state index contributed by atoms with van der Waals surface area (Å²) < 4.78 is 6.76. The van der Waals surface area contributed by atoms with E-state index in [1.807, 2.05) is 36.4 Å². The van der Waals surface area contributed by atoms with Crippen molar-refractivity contribution in [1.82, 2.24) is 14.6 Å². The maximum atomic E-state index is 11.8. The summed E-state index contributed by atoms with van der Waals surface area (Å²) in [4.78, 5) is 18.4. The summed E-state index contributed by atoms with van der Waals surface area (Å²) in [6.07, 6.45) is 0. The molecular weight excluding hydrogens is 308 g/mol. The van der Waals surface area contributed by atoms with E-state index in [0.29, 0.717) is 24.6 Å². The lowest BCUT2D eigenvalue weighted by Crippen LogP contribution is -2.37. The number of aromatic carboxylic acids is 1. The number of imidazole rings is 1. The molecule has 1 fully saturated rings. The van der Waals surface area contributed by atoms with Crippen molar-refractivity contribution in [2.75, 3.05) is 31.2 Å². The van der Waals surface area contributed by atoms with E-state index < -0.39 is 5.97 Å². The van der Waals surface area contributed by atoms with Gasteiger partial charge in [0.2, 0.25) is 0 Å². The van der Waals surface area contributed by atoms with Crippen molar-refractivity contribution in [3.8, 4) is 11.3 Å². The molecule has 0 unspecified atom stereocenters. The predicted molar refractivity (Wildman–Crippen MR) is 88.4 cm³/mol. The Bertz CT molecular complexity index is 885. The molecular formula is C17H16N4O3. The van der Waals surface area contributed by atoms with Gasteiger partial charge in [0.05, 0.1) is 13.2 Å². The van der Waals surface area contributed by atoms with Crippen LogP contribution in [-0.2, 0) is 4.74 Å². The maximum absolute atomic E-state index is 11.8. The highest BCUT2D eigenvalue weighted by Gasteiger charge is 2.22. The fraction of sp³-hybridized carbons (Fsp3) is 0.235. The molecule has 3 aromatic rings. The van der Waals surface area contributed by atoms with E-state index in [2.05, 4.69) is 15.0 Å². The second kappa shape index (κ2) is 5.93. The molecule has 0 radical (unpaired) electrons. The van der Waals surface area contributed by atoms with Crippen LogP contribution in [0.4, 0.5) is 5.82 Å². The van der Waals surface area contributed by atoms with Gasteiger partial charge >= 0.3 is 5.97 Å². The van der Waals surface area contributed by atoms with E-state index in [0.717, 1.165) is 24.5 Å². The van der Waals surface area contributed by atoms with E-state index in [1.54, 1.807) is 6.07 Å². The summed E-state index contributed by atoms with van der Waals surface area (Å²) in [5.74, 6) is -0.321. The van der Waals surface area contributed by atoms with Crippen LogP contribution in [-0.4, -0.2) is 52.0 Å². The monoisotopic (exact) mass is 324 g/mol. The minimum absolute atomic E-state index is 0.0753. The van der Waals surface area contributed by atoms with E-state index in [1.165, 1.54) is 4.52 Å². The normalized spacial score (nSPS) is 14.9. The number of nitrogens with zero attached hydrogens (tertiary/aromatic N) is 4. The first-order valence-corrected chi connectivity index (χ1v) is 7.75. The number of anilines is 1. The summed E-state index contributed by atoms with van der Waals surface area (Å²) in [6, 6.07) is 13.0. The second-order valence-electron chi connectivity index (χ2n) is 5.54. The standard InChI is InChI=1S/C17H16N4O3/c22-17(23)16-15(12-4-2-1-3-5-12)18-13-6-7-14(19-21(13)16)20-8-10-24-11-9-20/h1-7H,8-11H2,(H,22,23). The highest BCUT2D eigenvalue weighted by molar-refractivity contribution is 5.94. The molecule has 122 valence electrons. The van der Waals surface area contributed by atoms with Crippen molar-refractivity contribution in [1.29, 1.82) is 0 Å². The number of carboxylic acid groups (broad SMARTS) is 1. The van der Waals surface area contributed by atoms with Crippen molar-refractivity contribution in [2.45, 2.75) is 0 Å². The third-order valence-electron chi connectivity index (χ3n) is 4.05. The van der Waals surface area contributed by atoms with Crippen LogP contribution in [0.1, 0.15) is 10.5 Å². The van der Waals surface area contributed by atoms with Gasteiger partial charge in [-0.15, -0.1) is 5.10 Å². The summed E-state index contributed by atoms with van der Waals surface area (Å²) in [5, 5.41) is 14.2. The number of morpholine rings is 1. The number of benzene rings is 1. The highest BCUT2D eigenvalue weighted by atomic mass is 16.5. The summed E-state index contributed by atoms with van der Waals surface area (Å²) in [5.41, 5.74) is 1.78. The van der Waals surface area contributed by atoms with Crippen LogP contribution < -0.4 is 4.90 Å². The predicted octanol–water partition coefficient (Wildman–Crippen LogP) is 1.93. The zero-order valence-electron chi connectivity index (χ0n) is 12.9. The number of rotatable bonds is 3. The largest absolute Gasteiger partial charge is 0.476 e. The minimum atomic E-state index is -1.05. The van der Waals surface area contributed by atoms with Crippen molar-refractivity contribution < 1.29 is 14.6 Å². The Morgan fingerprint density at radius 2 is 1.83 bits per heavy atom.